The highest BCUT2D eigenvalue weighted by atomic mass is 16.8. The summed E-state index contributed by atoms with van der Waals surface area (Å²) in [4.78, 5) is 0.877. The van der Waals surface area contributed by atoms with E-state index < -0.39 is 17.4 Å². The first-order valence-corrected chi connectivity index (χ1v) is 6.67. The fraction of sp³-hybridized carbons (Fsp3) is 1.00. The lowest BCUT2D eigenvalue weighted by Gasteiger charge is -2.35. The predicted octanol–water partition coefficient (Wildman–Crippen LogP) is 1.73. The molecule has 0 radical (unpaired) electrons. The number of methoxy groups -OCH3 is 2. The summed E-state index contributed by atoms with van der Waals surface area (Å²) in [5.41, 5.74) is -1.41. The van der Waals surface area contributed by atoms with E-state index in [1.807, 2.05) is 13.8 Å². The number of nitrogens with zero attached hydrogens (tertiary/aromatic N) is 2. The smallest absolute Gasteiger partial charge is 0.212 e. The van der Waals surface area contributed by atoms with Crippen molar-refractivity contribution < 1.29 is 19.1 Å². The van der Waals surface area contributed by atoms with Crippen molar-refractivity contribution in [3.63, 3.8) is 0 Å². The predicted molar refractivity (Wildman–Crippen MR) is 66.3 cm³/mol. The lowest BCUT2D eigenvalue weighted by atomic mass is 9.68. The molecule has 1 aliphatic carbocycles. The standard InChI is InChI=1S/C13H22N2O4/c1-11(2)12(3)7-8(13(11,4)15(16)14-12)10(18-6)19-9(7)17-5/h7-10H,1-6H3/t7-,8?,9-,10+,12+,13?/m0/s1. The van der Waals surface area contributed by atoms with Gasteiger partial charge >= 0.3 is 0 Å². The molecule has 3 aliphatic rings. The maximum Gasteiger partial charge on any atom is 0.212 e. The molecular formula is C13H22N2O4. The zero-order valence-corrected chi connectivity index (χ0v) is 12.3. The molecule has 2 aliphatic heterocycles. The van der Waals surface area contributed by atoms with Gasteiger partial charge in [0.25, 0.3) is 0 Å². The first kappa shape index (κ1) is 13.3. The summed E-state index contributed by atoms with van der Waals surface area (Å²) in [6.45, 7) is 8.20. The van der Waals surface area contributed by atoms with E-state index in [4.69, 9.17) is 14.2 Å². The van der Waals surface area contributed by atoms with E-state index in [1.165, 1.54) is 0 Å². The number of hydrogen-bond acceptors (Lipinski definition) is 5. The molecule has 0 aromatic heterocycles. The van der Waals surface area contributed by atoms with Crippen LogP contribution in [0.25, 0.3) is 0 Å². The summed E-state index contributed by atoms with van der Waals surface area (Å²) in [7, 11) is 3.23. The van der Waals surface area contributed by atoms with Crippen molar-refractivity contribution in [3.8, 4) is 0 Å². The van der Waals surface area contributed by atoms with Gasteiger partial charge in [0.15, 0.2) is 12.6 Å². The summed E-state index contributed by atoms with van der Waals surface area (Å²) in [6, 6.07) is 0. The molecule has 6 heteroatoms. The molecule has 2 heterocycles. The van der Waals surface area contributed by atoms with E-state index in [0.717, 1.165) is 4.86 Å². The van der Waals surface area contributed by atoms with Gasteiger partial charge in [0.1, 0.15) is 5.54 Å². The summed E-state index contributed by atoms with van der Waals surface area (Å²) >= 11 is 0. The van der Waals surface area contributed by atoms with Crippen LogP contribution in [0, 0.1) is 22.5 Å². The third-order valence-electron chi connectivity index (χ3n) is 6.23. The number of ether oxygens (including phenoxy) is 3. The summed E-state index contributed by atoms with van der Waals surface area (Å²) in [6.07, 6.45) is -0.800. The first-order valence-electron chi connectivity index (χ1n) is 6.67. The molecule has 3 rings (SSSR count). The molecule has 0 aromatic carbocycles. The Morgan fingerprint density at radius 3 is 2.11 bits per heavy atom. The SMILES string of the molecule is CO[C@@H]1O[C@H](OC)[C@@H]2C1C1(C)[N+]([O-])=N[C@@]2(C)C1(C)C. The Hall–Kier alpha value is -0.720. The number of hydrogen-bond donors (Lipinski definition) is 0. The van der Waals surface area contributed by atoms with Crippen molar-refractivity contribution in [1.82, 2.24) is 0 Å². The highest BCUT2D eigenvalue weighted by Gasteiger charge is 2.85. The number of rotatable bonds is 2. The van der Waals surface area contributed by atoms with Crippen LogP contribution in [0.4, 0.5) is 0 Å². The van der Waals surface area contributed by atoms with Crippen molar-refractivity contribution in [1.29, 1.82) is 0 Å². The van der Waals surface area contributed by atoms with Crippen molar-refractivity contribution in [2.24, 2.45) is 22.4 Å². The molecular weight excluding hydrogens is 248 g/mol. The minimum Gasteiger partial charge on any atom is -0.599 e. The van der Waals surface area contributed by atoms with Crippen LogP contribution < -0.4 is 0 Å². The Labute approximate surface area is 113 Å². The summed E-state index contributed by atoms with van der Waals surface area (Å²) in [5, 5.41) is 16.8. The van der Waals surface area contributed by atoms with Crippen LogP contribution in [0.1, 0.15) is 27.7 Å². The van der Waals surface area contributed by atoms with Gasteiger partial charge in [0, 0.05) is 21.1 Å². The van der Waals surface area contributed by atoms with Crippen molar-refractivity contribution in [3.05, 3.63) is 5.21 Å². The highest BCUT2D eigenvalue weighted by molar-refractivity contribution is 5.25. The molecule has 2 bridgehead atoms. The van der Waals surface area contributed by atoms with Crippen LogP contribution in [-0.2, 0) is 14.2 Å². The second-order valence-corrected chi connectivity index (χ2v) is 6.69. The van der Waals surface area contributed by atoms with Crippen LogP contribution in [0.2, 0.25) is 0 Å². The first-order chi connectivity index (χ1) is 8.75. The topological polar surface area (TPSA) is 66.1 Å². The molecule has 6 atom stereocenters. The number of fused-ring (bicyclic) bond motifs is 5. The fourth-order valence-corrected chi connectivity index (χ4v) is 4.47. The van der Waals surface area contributed by atoms with Crippen LogP contribution in [0.3, 0.4) is 0 Å². The van der Waals surface area contributed by atoms with E-state index in [2.05, 4.69) is 19.0 Å². The van der Waals surface area contributed by atoms with Crippen molar-refractivity contribution >= 4 is 0 Å². The van der Waals surface area contributed by atoms with E-state index in [0.29, 0.717) is 0 Å². The Balaban J connectivity index is 2.18. The Morgan fingerprint density at radius 2 is 1.58 bits per heavy atom. The minimum absolute atomic E-state index is 0.0349. The van der Waals surface area contributed by atoms with Gasteiger partial charge in [0.2, 0.25) is 5.54 Å². The van der Waals surface area contributed by atoms with Gasteiger partial charge in [0.05, 0.1) is 17.3 Å². The average molecular weight is 270 g/mol. The molecule has 0 aromatic rings. The van der Waals surface area contributed by atoms with Gasteiger partial charge in [-0.05, 0) is 12.0 Å². The zero-order chi connectivity index (χ0) is 14.2. The maximum atomic E-state index is 12.4. The molecule has 0 amide bonds. The Morgan fingerprint density at radius 1 is 1.05 bits per heavy atom. The Kier molecular flexibility index (Phi) is 2.43. The highest BCUT2D eigenvalue weighted by Crippen LogP contribution is 2.69. The van der Waals surface area contributed by atoms with Crippen molar-refractivity contribution in [2.45, 2.75) is 51.4 Å². The van der Waals surface area contributed by atoms with E-state index in [-0.39, 0.29) is 23.5 Å². The van der Waals surface area contributed by atoms with Gasteiger partial charge in [-0.2, -0.15) is 0 Å². The van der Waals surface area contributed by atoms with E-state index >= 15 is 0 Å². The average Bonchev–Trinajstić information content (AvgIpc) is 2.84. The molecule has 1 saturated heterocycles. The Bertz CT molecular complexity index is 452. The second-order valence-electron chi connectivity index (χ2n) is 6.69. The van der Waals surface area contributed by atoms with Gasteiger partial charge in [-0.15, -0.1) is 0 Å². The number of azo groups is 1. The lowest BCUT2D eigenvalue weighted by Crippen LogP contribution is -2.52. The largest absolute Gasteiger partial charge is 0.599 e. The molecule has 2 fully saturated rings. The van der Waals surface area contributed by atoms with E-state index in [1.54, 1.807) is 14.2 Å². The summed E-state index contributed by atoms with van der Waals surface area (Å²) in [5.74, 6) is -0.00917. The quantitative estimate of drug-likeness (QED) is 0.566. The third-order valence-corrected chi connectivity index (χ3v) is 6.23. The van der Waals surface area contributed by atoms with Crippen LogP contribution in [-0.4, -0.2) is 42.7 Å². The van der Waals surface area contributed by atoms with Gasteiger partial charge in [-0.3, -0.25) is 0 Å². The normalized spacial score (nSPS) is 54.3. The number of hydroxylamine groups is 1. The molecule has 0 spiro atoms. The molecule has 0 N–H and O–H groups in total. The van der Waals surface area contributed by atoms with Gasteiger partial charge in [-0.1, -0.05) is 18.7 Å². The minimum atomic E-state index is -0.639. The van der Waals surface area contributed by atoms with Crippen LogP contribution in [0.15, 0.2) is 5.11 Å². The van der Waals surface area contributed by atoms with E-state index in [9.17, 15) is 5.21 Å². The van der Waals surface area contributed by atoms with Gasteiger partial charge < -0.3 is 19.4 Å². The molecule has 1 saturated carbocycles. The summed E-state index contributed by atoms with van der Waals surface area (Å²) < 4.78 is 16.7. The zero-order valence-electron chi connectivity index (χ0n) is 12.3. The van der Waals surface area contributed by atoms with Crippen LogP contribution in [0.5, 0.6) is 0 Å². The molecule has 6 nitrogen and oxygen atoms in total. The monoisotopic (exact) mass is 270 g/mol. The van der Waals surface area contributed by atoms with Gasteiger partial charge in [-0.25, -0.2) is 0 Å². The molecule has 108 valence electrons. The maximum absolute atomic E-state index is 12.4. The van der Waals surface area contributed by atoms with Crippen LogP contribution >= 0.6 is 0 Å². The molecule has 2 unspecified atom stereocenters. The second kappa shape index (κ2) is 3.48. The fourth-order valence-electron chi connectivity index (χ4n) is 4.47. The molecule has 19 heavy (non-hydrogen) atoms. The lowest BCUT2D eigenvalue weighted by molar-refractivity contribution is -0.621. The van der Waals surface area contributed by atoms with Crippen molar-refractivity contribution in [2.75, 3.05) is 14.2 Å². The third kappa shape index (κ3) is 1.11.